The van der Waals surface area contributed by atoms with Crippen molar-refractivity contribution in [3.05, 3.63) is 0 Å². The maximum atomic E-state index is 12.5. The Kier molecular flexibility index (Phi) is 18.7. The van der Waals surface area contributed by atoms with Crippen LogP contribution in [0.4, 0.5) is 0 Å². The fourth-order valence-electron chi connectivity index (χ4n) is 3.55. The molecule has 0 aliphatic carbocycles. The molecule has 0 aromatic rings. The molecule has 0 saturated carbocycles. The number of carbonyl (C=O) groups excluding carboxylic acids is 1. The zero-order chi connectivity index (χ0) is 17.9. The second-order valence-corrected chi connectivity index (χ2v) is 7.73. The van der Waals surface area contributed by atoms with Gasteiger partial charge in [0.25, 0.3) is 0 Å². The first-order valence-corrected chi connectivity index (χ1v) is 11.3. The second-order valence-electron chi connectivity index (χ2n) is 7.73. The van der Waals surface area contributed by atoms with Gasteiger partial charge in [0.2, 0.25) is 0 Å². The fraction of sp³-hybridized carbons (Fsp3) is 0.957. The van der Waals surface area contributed by atoms with Gasteiger partial charge in [0, 0.05) is 12.3 Å². The van der Waals surface area contributed by atoms with E-state index in [9.17, 15) is 4.79 Å². The Labute approximate surface area is 153 Å². The van der Waals surface area contributed by atoms with E-state index in [0.29, 0.717) is 11.7 Å². The summed E-state index contributed by atoms with van der Waals surface area (Å²) >= 11 is 0. The van der Waals surface area contributed by atoms with Crippen LogP contribution in [0.5, 0.6) is 0 Å². The standard InChI is InChI=1S/C23H46O/c1-4-7-10-12-13-14-15-16-18-21-23(24)22(19-9-6-3)20-17-11-8-5-2/h22H,4-21H2,1-3H3. The average molecular weight is 339 g/mol. The van der Waals surface area contributed by atoms with E-state index in [1.54, 1.807) is 0 Å². The first kappa shape index (κ1) is 23.7. The maximum absolute atomic E-state index is 12.5. The van der Waals surface area contributed by atoms with E-state index in [-0.39, 0.29) is 0 Å². The van der Waals surface area contributed by atoms with Crippen molar-refractivity contribution in [3.8, 4) is 0 Å². The van der Waals surface area contributed by atoms with Crippen LogP contribution in [-0.4, -0.2) is 5.78 Å². The van der Waals surface area contributed by atoms with E-state index in [0.717, 1.165) is 25.7 Å². The summed E-state index contributed by atoms with van der Waals surface area (Å²) in [5.74, 6) is 0.943. The molecule has 144 valence electrons. The van der Waals surface area contributed by atoms with Crippen molar-refractivity contribution in [1.82, 2.24) is 0 Å². The van der Waals surface area contributed by atoms with Crippen molar-refractivity contribution < 1.29 is 4.79 Å². The van der Waals surface area contributed by atoms with Gasteiger partial charge in [0.1, 0.15) is 5.78 Å². The quantitative estimate of drug-likeness (QED) is 0.217. The van der Waals surface area contributed by atoms with Crippen molar-refractivity contribution in [3.63, 3.8) is 0 Å². The summed E-state index contributed by atoms with van der Waals surface area (Å²) in [5, 5.41) is 0. The molecule has 0 heterocycles. The number of rotatable bonds is 19. The van der Waals surface area contributed by atoms with Gasteiger partial charge >= 0.3 is 0 Å². The van der Waals surface area contributed by atoms with Crippen LogP contribution in [0.15, 0.2) is 0 Å². The lowest BCUT2D eigenvalue weighted by atomic mass is 9.89. The summed E-state index contributed by atoms with van der Waals surface area (Å²) in [6, 6.07) is 0. The van der Waals surface area contributed by atoms with E-state index in [2.05, 4.69) is 20.8 Å². The number of unbranched alkanes of at least 4 members (excludes halogenated alkanes) is 12. The molecule has 0 aliphatic heterocycles. The minimum absolute atomic E-state index is 0.371. The molecule has 0 saturated heterocycles. The van der Waals surface area contributed by atoms with Gasteiger partial charge in [-0.2, -0.15) is 0 Å². The summed E-state index contributed by atoms with van der Waals surface area (Å²) in [5.41, 5.74) is 0. The third-order valence-electron chi connectivity index (χ3n) is 5.29. The lowest BCUT2D eigenvalue weighted by molar-refractivity contribution is -0.123. The number of hydrogen-bond donors (Lipinski definition) is 0. The molecule has 0 rings (SSSR count). The highest BCUT2D eigenvalue weighted by atomic mass is 16.1. The molecule has 0 radical (unpaired) electrons. The van der Waals surface area contributed by atoms with Gasteiger partial charge in [-0.3, -0.25) is 4.79 Å². The molecule has 24 heavy (non-hydrogen) atoms. The normalized spacial score (nSPS) is 12.5. The molecule has 1 heteroatoms. The van der Waals surface area contributed by atoms with Crippen molar-refractivity contribution in [2.24, 2.45) is 5.92 Å². The largest absolute Gasteiger partial charge is 0.299 e. The highest BCUT2D eigenvalue weighted by Crippen LogP contribution is 2.21. The summed E-state index contributed by atoms with van der Waals surface area (Å²) in [4.78, 5) is 12.5. The van der Waals surface area contributed by atoms with Crippen LogP contribution in [-0.2, 0) is 4.79 Å². The monoisotopic (exact) mass is 338 g/mol. The Morgan fingerprint density at radius 3 is 1.50 bits per heavy atom. The molecule has 1 nitrogen and oxygen atoms in total. The van der Waals surface area contributed by atoms with Crippen LogP contribution in [0.2, 0.25) is 0 Å². The molecule has 0 fully saturated rings. The van der Waals surface area contributed by atoms with Gasteiger partial charge in [-0.05, 0) is 19.3 Å². The molecular weight excluding hydrogens is 292 g/mol. The summed E-state index contributed by atoms with van der Waals surface area (Å²) in [7, 11) is 0. The summed E-state index contributed by atoms with van der Waals surface area (Å²) in [6.45, 7) is 6.76. The summed E-state index contributed by atoms with van der Waals surface area (Å²) < 4.78 is 0. The molecule has 0 aromatic carbocycles. The van der Waals surface area contributed by atoms with Crippen LogP contribution in [0.25, 0.3) is 0 Å². The molecule has 1 atom stereocenters. The van der Waals surface area contributed by atoms with Gasteiger partial charge in [0.05, 0.1) is 0 Å². The number of ketones is 1. The van der Waals surface area contributed by atoms with E-state index in [1.165, 1.54) is 89.9 Å². The van der Waals surface area contributed by atoms with Crippen LogP contribution >= 0.6 is 0 Å². The van der Waals surface area contributed by atoms with Crippen molar-refractivity contribution in [2.45, 2.75) is 136 Å². The highest BCUT2D eigenvalue weighted by Gasteiger charge is 2.16. The molecule has 0 aliphatic rings. The third kappa shape index (κ3) is 15.2. The van der Waals surface area contributed by atoms with Crippen molar-refractivity contribution in [1.29, 1.82) is 0 Å². The van der Waals surface area contributed by atoms with Gasteiger partial charge in [-0.15, -0.1) is 0 Å². The highest BCUT2D eigenvalue weighted by molar-refractivity contribution is 5.80. The number of carbonyl (C=O) groups is 1. The summed E-state index contributed by atoms with van der Waals surface area (Å²) in [6.07, 6.45) is 22.8. The average Bonchev–Trinajstić information content (AvgIpc) is 2.59. The molecule has 0 amide bonds. The van der Waals surface area contributed by atoms with E-state index < -0.39 is 0 Å². The van der Waals surface area contributed by atoms with E-state index in [1.807, 2.05) is 0 Å². The third-order valence-corrected chi connectivity index (χ3v) is 5.29. The smallest absolute Gasteiger partial charge is 0.135 e. The lowest BCUT2D eigenvalue weighted by Crippen LogP contribution is -2.14. The second kappa shape index (κ2) is 19.0. The van der Waals surface area contributed by atoms with Gasteiger partial charge in [-0.1, -0.05) is 111 Å². The van der Waals surface area contributed by atoms with E-state index >= 15 is 0 Å². The first-order valence-electron chi connectivity index (χ1n) is 11.3. The predicted octanol–water partition coefficient (Wildman–Crippen LogP) is 8.25. The zero-order valence-electron chi connectivity index (χ0n) is 17.2. The van der Waals surface area contributed by atoms with Crippen LogP contribution < -0.4 is 0 Å². The van der Waals surface area contributed by atoms with Crippen LogP contribution in [0.3, 0.4) is 0 Å². The van der Waals surface area contributed by atoms with Gasteiger partial charge in [-0.25, -0.2) is 0 Å². The Morgan fingerprint density at radius 1 is 0.542 bits per heavy atom. The Morgan fingerprint density at radius 2 is 0.958 bits per heavy atom. The molecular formula is C23H46O. The Balaban J connectivity index is 3.72. The van der Waals surface area contributed by atoms with Gasteiger partial charge in [0.15, 0.2) is 0 Å². The molecule has 0 spiro atoms. The lowest BCUT2D eigenvalue weighted by Gasteiger charge is -2.15. The fourth-order valence-corrected chi connectivity index (χ4v) is 3.55. The van der Waals surface area contributed by atoms with Crippen LogP contribution in [0, 0.1) is 5.92 Å². The van der Waals surface area contributed by atoms with Gasteiger partial charge < -0.3 is 0 Å². The minimum Gasteiger partial charge on any atom is -0.299 e. The topological polar surface area (TPSA) is 17.1 Å². The Bertz CT molecular complexity index is 259. The molecule has 0 bridgehead atoms. The molecule has 1 unspecified atom stereocenters. The Hall–Kier alpha value is -0.330. The molecule has 0 aromatic heterocycles. The minimum atomic E-state index is 0.371. The molecule has 0 N–H and O–H groups in total. The maximum Gasteiger partial charge on any atom is 0.135 e. The zero-order valence-corrected chi connectivity index (χ0v) is 17.2. The van der Waals surface area contributed by atoms with Crippen molar-refractivity contribution in [2.75, 3.05) is 0 Å². The predicted molar refractivity (Wildman–Crippen MR) is 109 cm³/mol. The van der Waals surface area contributed by atoms with Crippen molar-refractivity contribution >= 4 is 5.78 Å². The SMILES string of the molecule is CCCCCCCCCCCC(=O)C(CCCC)CCCCCC. The van der Waals surface area contributed by atoms with E-state index in [4.69, 9.17) is 0 Å². The van der Waals surface area contributed by atoms with Crippen LogP contribution in [0.1, 0.15) is 136 Å². The first-order chi connectivity index (χ1) is 11.8. The number of Topliss-reactive ketones (excluding diaryl/α,β-unsaturated/α-hetero) is 1. The number of hydrogen-bond acceptors (Lipinski definition) is 1.